The van der Waals surface area contributed by atoms with Gasteiger partial charge in [0.1, 0.15) is 0 Å². The van der Waals surface area contributed by atoms with E-state index in [1.165, 1.54) is 12.3 Å². The minimum atomic E-state index is -0.515. The van der Waals surface area contributed by atoms with E-state index in [4.69, 9.17) is 0 Å². The van der Waals surface area contributed by atoms with Crippen molar-refractivity contribution in [3.8, 4) is 0 Å². The first-order chi connectivity index (χ1) is 7.16. The second-order valence-corrected chi connectivity index (χ2v) is 3.57. The second kappa shape index (κ2) is 3.84. The lowest BCUT2D eigenvalue weighted by atomic mass is 10.2. The van der Waals surface area contributed by atoms with Crippen molar-refractivity contribution in [1.29, 1.82) is 0 Å². The minimum Gasteiger partial charge on any atom is -0.360 e. The third-order valence-electron chi connectivity index (χ3n) is 2.53. The fraction of sp³-hybridized carbons (Fsp3) is 0.400. The maximum Gasteiger partial charge on any atom is 0.241 e. The molecule has 80 valence electrons. The Kier molecular flexibility index (Phi) is 2.53. The van der Waals surface area contributed by atoms with Gasteiger partial charge in [-0.2, -0.15) is 4.39 Å². The predicted molar refractivity (Wildman–Crippen MR) is 54.0 cm³/mol. The molecule has 1 saturated heterocycles. The molecule has 1 aromatic rings. The van der Waals surface area contributed by atoms with E-state index in [0.717, 1.165) is 6.54 Å². The van der Waals surface area contributed by atoms with Crippen LogP contribution < -0.4 is 4.90 Å². The molecule has 1 aromatic heterocycles. The maximum atomic E-state index is 12.9. The molecule has 0 aromatic carbocycles. The van der Waals surface area contributed by atoms with E-state index in [9.17, 15) is 9.18 Å². The number of likely N-dealkylation sites (N-methyl/N-ethyl adjacent to an activating group) is 1. The molecule has 0 N–H and O–H groups in total. The van der Waals surface area contributed by atoms with Crippen LogP contribution in [0.2, 0.25) is 0 Å². The molecule has 0 unspecified atom stereocenters. The van der Waals surface area contributed by atoms with E-state index in [2.05, 4.69) is 4.98 Å². The second-order valence-electron chi connectivity index (χ2n) is 3.57. The lowest BCUT2D eigenvalue weighted by Gasteiger charge is -2.33. The summed E-state index contributed by atoms with van der Waals surface area (Å²) in [6.07, 6.45) is 1.41. The van der Waals surface area contributed by atoms with Crippen molar-refractivity contribution in [2.24, 2.45) is 0 Å². The molecule has 2 rings (SSSR count). The molecule has 0 saturated carbocycles. The van der Waals surface area contributed by atoms with Gasteiger partial charge in [0, 0.05) is 38.1 Å². The topological polar surface area (TPSA) is 36.4 Å². The first kappa shape index (κ1) is 9.89. The lowest BCUT2D eigenvalue weighted by Crippen LogP contribution is -2.48. The highest BCUT2D eigenvalue weighted by Crippen LogP contribution is 2.15. The van der Waals surface area contributed by atoms with Gasteiger partial charge in [-0.3, -0.25) is 4.79 Å². The number of pyridine rings is 1. The zero-order chi connectivity index (χ0) is 10.8. The largest absolute Gasteiger partial charge is 0.360 e. The molecule has 15 heavy (non-hydrogen) atoms. The number of halogens is 1. The van der Waals surface area contributed by atoms with Gasteiger partial charge in [0.15, 0.2) is 0 Å². The molecule has 0 atom stereocenters. The van der Waals surface area contributed by atoms with Crippen LogP contribution in [0.5, 0.6) is 0 Å². The Morgan fingerprint density at radius 3 is 2.93 bits per heavy atom. The van der Waals surface area contributed by atoms with E-state index >= 15 is 0 Å². The molecule has 1 aliphatic rings. The summed E-state index contributed by atoms with van der Waals surface area (Å²) in [5, 5.41) is 0. The molecular weight excluding hydrogens is 197 g/mol. The average Bonchev–Trinajstić information content (AvgIpc) is 2.22. The molecular formula is C10H12FN3O. The predicted octanol–water partition coefficient (Wildman–Crippen LogP) is 0.499. The third-order valence-corrected chi connectivity index (χ3v) is 2.53. The van der Waals surface area contributed by atoms with Crippen LogP contribution in [-0.2, 0) is 4.79 Å². The third kappa shape index (κ3) is 2.06. The summed E-state index contributed by atoms with van der Waals surface area (Å²) >= 11 is 0. The van der Waals surface area contributed by atoms with E-state index in [1.54, 1.807) is 18.0 Å². The van der Waals surface area contributed by atoms with Crippen molar-refractivity contribution < 1.29 is 9.18 Å². The molecule has 4 nitrogen and oxygen atoms in total. The highest BCUT2D eigenvalue weighted by atomic mass is 19.1. The smallest absolute Gasteiger partial charge is 0.241 e. The summed E-state index contributed by atoms with van der Waals surface area (Å²) in [4.78, 5) is 18.4. The Bertz CT molecular complexity index is 383. The number of carbonyl (C=O) groups excluding carboxylic acids is 1. The summed E-state index contributed by atoms with van der Waals surface area (Å²) < 4.78 is 12.9. The maximum absolute atomic E-state index is 12.9. The Morgan fingerprint density at radius 1 is 1.47 bits per heavy atom. The fourth-order valence-corrected chi connectivity index (χ4v) is 1.57. The number of nitrogens with zero attached hydrogens (tertiary/aromatic N) is 3. The zero-order valence-electron chi connectivity index (χ0n) is 8.48. The normalized spacial score (nSPS) is 17.1. The first-order valence-electron chi connectivity index (χ1n) is 4.77. The van der Waals surface area contributed by atoms with Gasteiger partial charge in [-0.25, -0.2) is 4.98 Å². The molecule has 5 heteroatoms. The summed E-state index contributed by atoms with van der Waals surface area (Å²) in [7, 11) is 1.77. The Balaban J connectivity index is 2.15. The van der Waals surface area contributed by atoms with Crippen LogP contribution in [0.25, 0.3) is 0 Å². The van der Waals surface area contributed by atoms with Crippen LogP contribution in [0.1, 0.15) is 0 Å². The molecule has 0 bridgehead atoms. The number of carbonyl (C=O) groups is 1. The lowest BCUT2D eigenvalue weighted by molar-refractivity contribution is -0.129. The summed E-state index contributed by atoms with van der Waals surface area (Å²) in [6, 6.07) is 3.06. The van der Waals surface area contributed by atoms with Gasteiger partial charge in [-0.05, 0) is 6.07 Å². The van der Waals surface area contributed by atoms with Crippen molar-refractivity contribution >= 4 is 11.6 Å². The Labute approximate surface area is 87.3 Å². The monoisotopic (exact) mass is 209 g/mol. The number of rotatable bonds is 1. The van der Waals surface area contributed by atoms with Gasteiger partial charge in [0.25, 0.3) is 0 Å². The quantitative estimate of drug-likeness (QED) is 0.632. The van der Waals surface area contributed by atoms with E-state index in [0.29, 0.717) is 18.8 Å². The summed E-state index contributed by atoms with van der Waals surface area (Å²) in [6.45, 7) is 1.70. The summed E-state index contributed by atoms with van der Waals surface area (Å²) in [5.74, 6) is -0.461. The van der Waals surface area contributed by atoms with Crippen LogP contribution in [-0.4, -0.2) is 42.5 Å². The highest BCUT2D eigenvalue weighted by Gasteiger charge is 2.21. The Hall–Kier alpha value is -1.65. The number of hydrogen-bond donors (Lipinski definition) is 0. The SMILES string of the molecule is CN1CCN(c2ccnc(F)c2)CC1=O. The Morgan fingerprint density at radius 2 is 2.27 bits per heavy atom. The van der Waals surface area contributed by atoms with E-state index in [1.807, 2.05) is 4.90 Å². The standard InChI is InChI=1S/C10H12FN3O/c1-13-4-5-14(7-10(13)15)8-2-3-12-9(11)6-8/h2-3,6H,4-5,7H2,1H3. The number of anilines is 1. The van der Waals surface area contributed by atoms with Gasteiger partial charge in [0.2, 0.25) is 11.9 Å². The van der Waals surface area contributed by atoms with Gasteiger partial charge < -0.3 is 9.80 Å². The number of hydrogen-bond acceptors (Lipinski definition) is 3. The number of amides is 1. The van der Waals surface area contributed by atoms with E-state index in [-0.39, 0.29) is 5.91 Å². The minimum absolute atomic E-state index is 0.0541. The molecule has 0 spiro atoms. The zero-order valence-corrected chi connectivity index (χ0v) is 8.48. The van der Waals surface area contributed by atoms with Crippen molar-refractivity contribution in [2.45, 2.75) is 0 Å². The number of piperazine rings is 1. The molecule has 2 heterocycles. The molecule has 1 aliphatic heterocycles. The van der Waals surface area contributed by atoms with Crippen LogP contribution in [0.3, 0.4) is 0 Å². The molecule has 0 radical (unpaired) electrons. The summed E-state index contributed by atoms with van der Waals surface area (Å²) in [5.41, 5.74) is 0.712. The van der Waals surface area contributed by atoms with E-state index < -0.39 is 5.95 Å². The molecule has 1 fully saturated rings. The van der Waals surface area contributed by atoms with Crippen molar-refractivity contribution in [3.05, 3.63) is 24.3 Å². The van der Waals surface area contributed by atoms with Crippen molar-refractivity contribution in [1.82, 2.24) is 9.88 Å². The van der Waals surface area contributed by atoms with Gasteiger partial charge in [0.05, 0.1) is 6.54 Å². The van der Waals surface area contributed by atoms with Crippen LogP contribution in [0, 0.1) is 5.95 Å². The van der Waals surface area contributed by atoms with Gasteiger partial charge >= 0.3 is 0 Å². The van der Waals surface area contributed by atoms with Crippen molar-refractivity contribution in [2.75, 3.05) is 31.6 Å². The fourth-order valence-electron chi connectivity index (χ4n) is 1.57. The molecule has 1 amide bonds. The molecule has 0 aliphatic carbocycles. The van der Waals surface area contributed by atoms with Crippen LogP contribution in [0.4, 0.5) is 10.1 Å². The van der Waals surface area contributed by atoms with Gasteiger partial charge in [-0.15, -0.1) is 0 Å². The average molecular weight is 209 g/mol. The van der Waals surface area contributed by atoms with Crippen molar-refractivity contribution in [3.63, 3.8) is 0 Å². The van der Waals surface area contributed by atoms with Crippen LogP contribution in [0.15, 0.2) is 18.3 Å². The highest BCUT2D eigenvalue weighted by molar-refractivity contribution is 5.82. The van der Waals surface area contributed by atoms with Crippen LogP contribution >= 0.6 is 0 Å². The first-order valence-corrected chi connectivity index (χ1v) is 4.77. The number of aromatic nitrogens is 1. The van der Waals surface area contributed by atoms with Gasteiger partial charge in [-0.1, -0.05) is 0 Å².